The monoisotopic (exact) mass is 289 g/mol. The molecule has 1 saturated heterocycles. The summed E-state index contributed by atoms with van der Waals surface area (Å²) in [6, 6.07) is 3.46. The molecule has 21 heavy (non-hydrogen) atoms. The lowest BCUT2D eigenvalue weighted by molar-refractivity contribution is -0.136. The zero-order valence-electron chi connectivity index (χ0n) is 12.8. The second kappa shape index (κ2) is 7.20. The van der Waals surface area contributed by atoms with Crippen LogP contribution in [0.15, 0.2) is 24.5 Å². The number of carbonyl (C=O) groups excluding carboxylic acids is 2. The third kappa shape index (κ3) is 3.60. The highest BCUT2D eigenvalue weighted by atomic mass is 16.2. The summed E-state index contributed by atoms with van der Waals surface area (Å²) in [5, 5.41) is 0. The Hall–Kier alpha value is -1.91. The molecule has 0 aromatic carbocycles. The van der Waals surface area contributed by atoms with Crippen molar-refractivity contribution in [3.05, 3.63) is 30.1 Å². The predicted octanol–water partition coefficient (Wildman–Crippen LogP) is 1.80. The van der Waals surface area contributed by atoms with Gasteiger partial charge in [-0.15, -0.1) is 0 Å². The van der Waals surface area contributed by atoms with Crippen LogP contribution in [0.3, 0.4) is 0 Å². The van der Waals surface area contributed by atoms with Crippen LogP contribution in [-0.2, 0) is 4.79 Å². The second-order valence-electron chi connectivity index (χ2n) is 5.31. The Labute approximate surface area is 126 Å². The fourth-order valence-electron chi connectivity index (χ4n) is 2.80. The van der Waals surface area contributed by atoms with Gasteiger partial charge in [0.15, 0.2) is 0 Å². The van der Waals surface area contributed by atoms with Gasteiger partial charge in [0.2, 0.25) is 5.91 Å². The molecule has 2 amide bonds. The molecule has 2 rings (SSSR count). The molecule has 5 nitrogen and oxygen atoms in total. The molecule has 0 N–H and O–H groups in total. The molecule has 0 unspecified atom stereocenters. The number of rotatable bonds is 4. The Balaban J connectivity index is 1.91. The number of nitrogens with zero attached hydrogens (tertiary/aromatic N) is 3. The number of pyridine rings is 1. The first-order valence-corrected chi connectivity index (χ1v) is 7.65. The largest absolute Gasteiger partial charge is 0.343 e. The SMILES string of the molecule is CCN(CC)C(=O)C1CCN(C(=O)c2ccncc2)CC1. The maximum atomic E-state index is 12.3. The maximum Gasteiger partial charge on any atom is 0.253 e. The van der Waals surface area contributed by atoms with Gasteiger partial charge in [0.1, 0.15) is 0 Å². The standard InChI is InChI=1S/C16H23N3O2/c1-3-18(4-2)15(20)14-7-11-19(12-8-14)16(21)13-5-9-17-10-6-13/h5-6,9-10,14H,3-4,7-8,11-12H2,1-2H3. The van der Waals surface area contributed by atoms with E-state index in [1.807, 2.05) is 23.6 Å². The highest BCUT2D eigenvalue weighted by Gasteiger charge is 2.29. The third-order valence-electron chi connectivity index (χ3n) is 4.13. The molecule has 0 radical (unpaired) electrons. The van der Waals surface area contributed by atoms with Crippen molar-refractivity contribution in [2.75, 3.05) is 26.2 Å². The van der Waals surface area contributed by atoms with E-state index in [1.54, 1.807) is 24.5 Å². The van der Waals surface area contributed by atoms with Crippen LogP contribution in [0.1, 0.15) is 37.0 Å². The van der Waals surface area contributed by atoms with E-state index in [0.717, 1.165) is 25.9 Å². The van der Waals surface area contributed by atoms with Crippen LogP contribution in [0, 0.1) is 5.92 Å². The lowest BCUT2D eigenvalue weighted by atomic mass is 9.94. The zero-order valence-corrected chi connectivity index (χ0v) is 12.8. The normalized spacial score (nSPS) is 15.8. The van der Waals surface area contributed by atoms with Crippen LogP contribution in [-0.4, -0.2) is 52.8 Å². The molecular formula is C16H23N3O2. The van der Waals surface area contributed by atoms with Gasteiger partial charge in [-0.3, -0.25) is 14.6 Å². The fraction of sp³-hybridized carbons (Fsp3) is 0.562. The summed E-state index contributed by atoms with van der Waals surface area (Å²) in [5.74, 6) is 0.327. The molecule has 1 aliphatic heterocycles. The highest BCUT2D eigenvalue weighted by Crippen LogP contribution is 2.21. The van der Waals surface area contributed by atoms with Crippen LogP contribution < -0.4 is 0 Å². The zero-order chi connectivity index (χ0) is 15.2. The van der Waals surface area contributed by atoms with Gasteiger partial charge in [-0.2, -0.15) is 0 Å². The minimum absolute atomic E-state index is 0.0335. The Morgan fingerprint density at radius 3 is 2.29 bits per heavy atom. The van der Waals surface area contributed by atoms with Crippen LogP contribution in [0.4, 0.5) is 0 Å². The van der Waals surface area contributed by atoms with Gasteiger partial charge >= 0.3 is 0 Å². The third-order valence-corrected chi connectivity index (χ3v) is 4.13. The molecule has 0 saturated carbocycles. The molecule has 1 fully saturated rings. The average Bonchev–Trinajstić information content (AvgIpc) is 2.56. The number of aromatic nitrogens is 1. The molecule has 0 spiro atoms. The molecule has 1 aliphatic rings. The van der Waals surface area contributed by atoms with Gasteiger partial charge in [0.05, 0.1) is 0 Å². The summed E-state index contributed by atoms with van der Waals surface area (Å²) in [7, 11) is 0. The van der Waals surface area contributed by atoms with Crippen molar-refractivity contribution in [2.24, 2.45) is 5.92 Å². The van der Waals surface area contributed by atoms with Crippen molar-refractivity contribution in [3.63, 3.8) is 0 Å². The highest BCUT2D eigenvalue weighted by molar-refractivity contribution is 5.94. The van der Waals surface area contributed by atoms with Crippen LogP contribution >= 0.6 is 0 Å². The van der Waals surface area contributed by atoms with Crippen LogP contribution in [0.2, 0.25) is 0 Å². The Morgan fingerprint density at radius 1 is 1.19 bits per heavy atom. The molecular weight excluding hydrogens is 266 g/mol. The van der Waals surface area contributed by atoms with Gasteiger partial charge in [-0.25, -0.2) is 0 Å². The average molecular weight is 289 g/mol. The summed E-state index contributed by atoms with van der Waals surface area (Å²) < 4.78 is 0. The van der Waals surface area contributed by atoms with Gasteiger partial charge < -0.3 is 9.80 Å². The fourth-order valence-corrected chi connectivity index (χ4v) is 2.80. The van der Waals surface area contributed by atoms with Gasteiger partial charge in [-0.05, 0) is 38.8 Å². The number of amides is 2. The van der Waals surface area contributed by atoms with Crippen LogP contribution in [0.25, 0.3) is 0 Å². The Morgan fingerprint density at radius 2 is 1.76 bits per heavy atom. The first-order valence-electron chi connectivity index (χ1n) is 7.65. The smallest absolute Gasteiger partial charge is 0.253 e. The predicted molar refractivity (Wildman–Crippen MR) is 80.8 cm³/mol. The topological polar surface area (TPSA) is 53.5 Å². The van der Waals surface area contributed by atoms with E-state index in [0.29, 0.717) is 18.7 Å². The molecule has 1 aromatic heterocycles. The van der Waals surface area contributed by atoms with Crippen molar-refractivity contribution < 1.29 is 9.59 Å². The van der Waals surface area contributed by atoms with E-state index in [4.69, 9.17) is 0 Å². The summed E-state index contributed by atoms with van der Waals surface area (Å²) in [5.41, 5.74) is 0.665. The summed E-state index contributed by atoms with van der Waals surface area (Å²) in [6.07, 6.45) is 4.77. The van der Waals surface area contributed by atoms with Crippen molar-refractivity contribution in [2.45, 2.75) is 26.7 Å². The molecule has 0 aliphatic carbocycles. The minimum atomic E-state index is 0.0335. The Bertz CT molecular complexity index is 478. The van der Waals surface area contributed by atoms with Gasteiger partial charge in [-0.1, -0.05) is 0 Å². The number of hydrogen-bond acceptors (Lipinski definition) is 3. The van der Waals surface area contributed by atoms with E-state index in [9.17, 15) is 9.59 Å². The lowest BCUT2D eigenvalue weighted by Gasteiger charge is -2.33. The molecule has 1 aromatic rings. The van der Waals surface area contributed by atoms with Crippen molar-refractivity contribution in [1.82, 2.24) is 14.8 Å². The number of likely N-dealkylation sites (tertiary alicyclic amines) is 1. The molecule has 2 heterocycles. The van der Waals surface area contributed by atoms with Gasteiger partial charge in [0, 0.05) is 50.1 Å². The second-order valence-corrected chi connectivity index (χ2v) is 5.31. The van der Waals surface area contributed by atoms with Gasteiger partial charge in [0.25, 0.3) is 5.91 Å². The summed E-state index contributed by atoms with van der Waals surface area (Å²) in [6.45, 7) is 6.82. The quantitative estimate of drug-likeness (QED) is 0.849. The van der Waals surface area contributed by atoms with Crippen molar-refractivity contribution >= 4 is 11.8 Å². The summed E-state index contributed by atoms with van der Waals surface area (Å²) >= 11 is 0. The van der Waals surface area contributed by atoms with Crippen molar-refractivity contribution in [1.29, 1.82) is 0 Å². The van der Waals surface area contributed by atoms with E-state index in [-0.39, 0.29) is 17.7 Å². The summed E-state index contributed by atoms with van der Waals surface area (Å²) in [4.78, 5) is 32.3. The number of carbonyl (C=O) groups is 2. The lowest BCUT2D eigenvalue weighted by Crippen LogP contribution is -2.44. The van der Waals surface area contributed by atoms with E-state index >= 15 is 0 Å². The van der Waals surface area contributed by atoms with E-state index in [2.05, 4.69) is 4.98 Å². The van der Waals surface area contributed by atoms with Crippen LogP contribution in [0.5, 0.6) is 0 Å². The Kier molecular flexibility index (Phi) is 5.31. The maximum absolute atomic E-state index is 12.3. The molecule has 5 heteroatoms. The van der Waals surface area contributed by atoms with E-state index in [1.165, 1.54) is 0 Å². The molecule has 0 atom stereocenters. The first kappa shape index (κ1) is 15.5. The number of piperidine rings is 1. The van der Waals surface area contributed by atoms with Crippen molar-refractivity contribution in [3.8, 4) is 0 Å². The first-order chi connectivity index (χ1) is 10.2. The molecule has 114 valence electrons. The number of hydrogen-bond donors (Lipinski definition) is 0. The molecule has 0 bridgehead atoms. The minimum Gasteiger partial charge on any atom is -0.343 e. The van der Waals surface area contributed by atoms with E-state index < -0.39 is 0 Å².